The Morgan fingerprint density at radius 2 is 1.71 bits per heavy atom. The van der Waals surface area contributed by atoms with E-state index in [1.165, 1.54) is 0 Å². The highest BCUT2D eigenvalue weighted by Gasteiger charge is 2.23. The van der Waals surface area contributed by atoms with E-state index in [9.17, 15) is 4.79 Å². The molecule has 2 aromatic carbocycles. The lowest BCUT2D eigenvalue weighted by molar-refractivity contribution is 0.0773. The normalized spacial score (nSPS) is 13.7. The van der Waals surface area contributed by atoms with Gasteiger partial charge in [-0.05, 0) is 6.07 Å². The molecular weight excluding hydrogens is 414 g/mol. The van der Waals surface area contributed by atoms with E-state index in [0.717, 1.165) is 35.5 Å². The molecule has 0 saturated carbocycles. The number of ether oxygens (including phenoxy) is 3. The van der Waals surface area contributed by atoms with Crippen molar-refractivity contribution in [1.82, 2.24) is 9.88 Å². The fourth-order valence-electron chi connectivity index (χ4n) is 3.67. The second kappa shape index (κ2) is 9.34. The minimum Gasteiger partial charge on any atom is -0.493 e. The third-order valence-electron chi connectivity index (χ3n) is 5.24. The number of para-hydroxylation sites is 1. The van der Waals surface area contributed by atoms with Gasteiger partial charge in [0.2, 0.25) is 5.75 Å². The molecule has 1 aliphatic rings. The molecule has 2 heterocycles. The molecule has 1 amide bonds. The first-order valence-corrected chi connectivity index (χ1v) is 11.1. The second-order valence-electron chi connectivity index (χ2n) is 7.01. The van der Waals surface area contributed by atoms with E-state index in [0.29, 0.717) is 34.2 Å². The predicted octanol–water partition coefficient (Wildman–Crippen LogP) is 4.19. The average molecular weight is 440 g/mol. The number of pyridine rings is 1. The fraction of sp³-hybridized carbons (Fsp3) is 0.304. The van der Waals surface area contributed by atoms with Gasteiger partial charge in [-0.1, -0.05) is 18.2 Å². The third kappa shape index (κ3) is 4.20. The Morgan fingerprint density at radius 1 is 1.03 bits per heavy atom. The Hall–Kier alpha value is -3.13. The maximum atomic E-state index is 13.4. The summed E-state index contributed by atoms with van der Waals surface area (Å²) < 4.78 is 16.4. The first kappa shape index (κ1) is 21.1. The molecule has 0 spiro atoms. The summed E-state index contributed by atoms with van der Waals surface area (Å²) in [5.41, 5.74) is 2.78. The Balaban J connectivity index is 1.81. The molecule has 1 saturated heterocycles. The van der Waals surface area contributed by atoms with Crippen LogP contribution < -0.4 is 19.5 Å². The molecule has 1 aliphatic heterocycles. The highest BCUT2D eigenvalue weighted by atomic mass is 32.2. The molecule has 3 aromatic rings. The number of fused-ring (bicyclic) bond motifs is 1. The van der Waals surface area contributed by atoms with E-state index >= 15 is 0 Å². The van der Waals surface area contributed by atoms with E-state index in [2.05, 4.69) is 10.3 Å². The molecule has 0 unspecified atom stereocenters. The molecule has 1 fully saturated rings. The zero-order valence-corrected chi connectivity index (χ0v) is 18.6. The Morgan fingerprint density at radius 3 is 2.35 bits per heavy atom. The standard InChI is InChI=1S/C23H25N3O4S/c1-28-19-12-15(13-20(29-2)22(19)30-3)25-21-16-6-4-5-7-18(16)24-14-17(21)23(27)26-8-10-31-11-9-26/h4-7,12-14H,8-11H2,1-3H3,(H,24,25). The number of aromatic nitrogens is 1. The minimum absolute atomic E-state index is 0.0199. The highest BCUT2D eigenvalue weighted by Crippen LogP contribution is 2.41. The maximum absolute atomic E-state index is 13.4. The van der Waals surface area contributed by atoms with Crippen LogP contribution in [0.25, 0.3) is 10.9 Å². The summed E-state index contributed by atoms with van der Waals surface area (Å²) in [4.78, 5) is 19.8. The van der Waals surface area contributed by atoms with Gasteiger partial charge in [-0.25, -0.2) is 0 Å². The number of thioether (sulfide) groups is 1. The van der Waals surface area contributed by atoms with Gasteiger partial charge in [0.25, 0.3) is 5.91 Å². The number of carbonyl (C=O) groups excluding carboxylic acids is 1. The van der Waals surface area contributed by atoms with Crippen LogP contribution >= 0.6 is 11.8 Å². The molecule has 31 heavy (non-hydrogen) atoms. The Kier molecular flexibility index (Phi) is 6.36. The van der Waals surface area contributed by atoms with Crippen molar-refractivity contribution in [2.75, 3.05) is 51.2 Å². The van der Waals surface area contributed by atoms with Gasteiger partial charge in [0.05, 0.1) is 38.1 Å². The van der Waals surface area contributed by atoms with E-state index in [-0.39, 0.29) is 5.91 Å². The number of amides is 1. The van der Waals surface area contributed by atoms with E-state index in [1.54, 1.807) is 27.5 Å². The zero-order chi connectivity index (χ0) is 21.8. The molecule has 162 valence electrons. The lowest BCUT2D eigenvalue weighted by atomic mass is 10.1. The van der Waals surface area contributed by atoms with Gasteiger partial charge in [-0.3, -0.25) is 9.78 Å². The smallest absolute Gasteiger partial charge is 0.257 e. The number of hydrogen-bond acceptors (Lipinski definition) is 7. The van der Waals surface area contributed by atoms with E-state index in [1.807, 2.05) is 53.1 Å². The van der Waals surface area contributed by atoms with Crippen molar-refractivity contribution in [2.45, 2.75) is 0 Å². The zero-order valence-electron chi connectivity index (χ0n) is 17.8. The fourth-order valence-corrected chi connectivity index (χ4v) is 4.58. The summed E-state index contributed by atoms with van der Waals surface area (Å²) in [6, 6.07) is 11.4. The van der Waals surface area contributed by atoms with Crippen LogP contribution in [0, 0.1) is 0 Å². The first-order valence-electron chi connectivity index (χ1n) is 9.98. The van der Waals surface area contributed by atoms with Crippen molar-refractivity contribution >= 4 is 39.9 Å². The van der Waals surface area contributed by atoms with Crippen molar-refractivity contribution in [3.8, 4) is 17.2 Å². The number of nitrogens with zero attached hydrogens (tertiary/aromatic N) is 2. The van der Waals surface area contributed by atoms with Gasteiger partial charge in [-0.15, -0.1) is 0 Å². The van der Waals surface area contributed by atoms with Crippen LogP contribution in [0.15, 0.2) is 42.6 Å². The maximum Gasteiger partial charge on any atom is 0.257 e. The van der Waals surface area contributed by atoms with Gasteiger partial charge >= 0.3 is 0 Å². The summed E-state index contributed by atoms with van der Waals surface area (Å²) in [5.74, 6) is 3.45. The summed E-state index contributed by atoms with van der Waals surface area (Å²) in [7, 11) is 4.72. The SMILES string of the molecule is COc1cc(Nc2c(C(=O)N3CCSCC3)cnc3ccccc23)cc(OC)c1OC. The molecule has 1 N–H and O–H groups in total. The lowest BCUT2D eigenvalue weighted by Crippen LogP contribution is -2.38. The molecule has 0 atom stereocenters. The number of benzene rings is 2. The molecular formula is C23H25N3O4S. The number of rotatable bonds is 6. The van der Waals surface area contributed by atoms with Crippen LogP contribution in [-0.4, -0.2) is 61.7 Å². The van der Waals surface area contributed by atoms with Crippen LogP contribution in [0.4, 0.5) is 11.4 Å². The molecule has 0 aliphatic carbocycles. The highest BCUT2D eigenvalue weighted by molar-refractivity contribution is 7.99. The summed E-state index contributed by atoms with van der Waals surface area (Å²) in [6.07, 6.45) is 1.66. The van der Waals surface area contributed by atoms with Crippen LogP contribution in [0.1, 0.15) is 10.4 Å². The van der Waals surface area contributed by atoms with E-state index < -0.39 is 0 Å². The van der Waals surface area contributed by atoms with Gasteiger partial charge in [0, 0.05) is 54.0 Å². The summed E-state index contributed by atoms with van der Waals surface area (Å²) >= 11 is 1.87. The van der Waals surface area contributed by atoms with Crippen molar-refractivity contribution in [3.63, 3.8) is 0 Å². The predicted molar refractivity (Wildman–Crippen MR) is 124 cm³/mol. The first-order chi connectivity index (χ1) is 15.2. The van der Waals surface area contributed by atoms with Gasteiger partial charge in [0.15, 0.2) is 11.5 Å². The topological polar surface area (TPSA) is 72.9 Å². The number of hydrogen-bond donors (Lipinski definition) is 1. The average Bonchev–Trinajstić information content (AvgIpc) is 2.83. The van der Waals surface area contributed by atoms with Crippen molar-refractivity contribution < 1.29 is 19.0 Å². The van der Waals surface area contributed by atoms with Crippen molar-refractivity contribution in [3.05, 3.63) is 48.2 Å². The molecule has 7 nitrogen and oxygen atoms in total. The third-order valence-corrected chi connectivity index (χ3v) is 6.18. The molecule has 0 radical (unpaired) electrons. The van der Waals surface area contributed by atoms with Crippen LogP contribution in [0.2, 0.25) is 0 Å². The van der Waals surface area contributed by atoms with Gasteiger partial charge < -0.3 is 24.4 Å². The van der Waals surface area contributed by atoms with Crippen molar-refractivity contribution in [1.29, 1.82) is 0 Å². The van der Waals surface area contributed by atoms with E-state index in [4.69, 9.17) is 14.2 Å². The molecule has 1 aromatic heterocycles. The number of carbonyl (C=O) groups is 1. The summed E-state index contributed by atoms with van der Waals surface area (Å²) in [5, 5.41) is 4.30. The minimum atomic E-state index is -0.0199. The van der Waals surface area contributed by atoms with Gasteiger partial charge in [0.1, 0.15) is 0 Å². The molecule has 0 bridgehead atoms. The van der Waals surface area contributed by atoms with Crippen LogP contribution in [0.3, 0.4) is 0 Å². The van der Waals surface area contributed by atoms with Crippen LogP contribution in [-0.2, 0) is 0 Å². The number of methoxy groups -OCH3 is 3. The second-order valence-corrected chi connectivity index (χ2v) is 8.23. The van der Waals surface area contributed by atoms with Crippen molar-refractivity contribution in [2.24, 2.45) is 0 Å². The number of nitrogens with one attached hydrogen (secondary N) is 1. The lowest BCUT2D eigenvalue weighted by Gasteiger charge is -2.27. The van der Waals surface area contributed by atoms with Gasteiger partial charge in [-0.2, -0.15) is 11.8 Å². The summed E-state index contributed by atoms with van der Waals surface area (Å²) in [6.45, 7) is 1.47. The quantitative estimate of drug-likeness (QED) is 0.617. The number of anilines is 2. The molecule has 8 heteroatoms. The monoisotopic (exact) mass is 439 g/mol. The van der Waals surface area contributed by atoms with Crippen LogP contribution in [0.5, 0.6) is 17.2 Å². The largest absolute Gasteiger partial charge is 0.493 e. The molecule has 4 rings (SSSR count). The Bertz CT molecular complexity index is 1070. The Labute approximate surface area is 185 Å².